The minimum Gasteiger partial charge on any atom is -0.500 e. The molecule has 211 valence electrons. The molecule has 3 nitrogen and oxygen atoms in total. The predicted molar refractivity (Wildman–Crippen MR) is 166 cm³/mol. The second kappa shape index (κ2) is 12.6. The van der Waals surface area contributed by atoms with Crippen LogP contribution in [0.1, 0.15) is 35.0 Å². The first kappa shape index (κ1) is 26.5. The minimum atomic E-state index is -2.08. The van der Waals surface area contributed by atoms with Gasteiger partial charge in [-0.25, -0.2) is 0 Å². The van der Waals surface area contributed by atoms with Gasteiger partial charge in [-0.05, 0) is 40.0 Å². The Morgan fingerprint density at radius 1 is 0.927 bits per heavy atom. The van der Waals surface area contributed by atoms with Crippen LogP contribution in [0.3, 0.4) is 0 Å². The molecule has 6 rings (SSSR count). The van der Waals surface area contributed by atoms with E-state index in [9.17, 15) is 4.39 Å². The van der Waals surface area contributed by atoms with Gasteiger partial charge in [-0.15, -0.1) is 47.5 Å². The average molecular weight is 740 g/mol. The molecule has 0 saturated heterocycles. The van der Waals surface area contributed by atoms with Crippen LogP contribution in [-0.2, 0) is 20.1 Å². The van der Waals surface area contributed by atoms with E-state index in [1.807, 2.05) is 48.7 Å². The van der Waals surface area contributed by atoms with Gasteiger partial charge in [0.15, 0.2) is 0 Å². The van der Waals surface area contributed by atoms with Crippen LogP contribution in [-0.4, -0.2) is 18.0 Å². The van der Waals surface area contributed by atoms with Crippen molar-refractivity contribution in [2.24, 2.45) is 0 Å². The summed E-state index contributed by atoms with van der Waals surface area (Å²) in [5, 5.41) is 2.57. The Hall–Kier alpha value is -3.44. The molecule has 0 bridgehead atoms. The fraction of sp³-hybridized carbons (Fsp3) is 0.200. The summed E-state index contributed by atoms with van der Waals surface area (Å²) >= 11 is 0. The summed E-state index contributed by atoms with van der Waals surface area (Å²) in [6.45, 7) is 9.02. The monoisotopic (exact) mass is 740 g/mol. The van der Waals surface area contributed by atoms with Crippen molar-refractivity contribution in [3.63, 3.8) is 0 Å². The number of aryl methyl sites for hydroxylation is 1. The summed E-state index contributed by atoms with van der Waals surface area (Å²) in [5.41, 5.74) is 5.74. The molecule has 6 heteroatoms. The number of nitrogens with zero attached hydrogens (tertiary/aromatic N) is 2. The molecular weight excluding hydrogens is 704 g/mol. The Bertz CT molecular complexity index is 1820. The quantitative estimate of drug-likeness (QED) is 0.134. The molecule has 0 unspecified atom stereocenters. The average Bonchev–Trinajstić information content (AvgIpc) is 3.37. The molecule has 6 aromatic rings. The normalized spacial score (nSPS) is 12.7. The van der Waals surface area contributed by atoms with E-state index >= 15 is 0 Å². The first-order chi connectivity index (χ1) is 20.3. The molecule has 0 spiro atoms. The molecule has 0 aliphatic heterocycles. The van der Waals surface area contributed by atoms with Crippen molar-refractivity contribution in [3.05, 3.63) is 114 Å². The Morgan fingerprint density at radius 3 is 2.39 bits per heavy atom. The van der Waals surface area contributed by atoms with Crippen LogP contribution >= 0.6 is 0 Å². The Kier molecular flexibility index (Phi) is 8.13. The zero-order valence-electron chi connectivity index (χ0n) is 26.7. The standard InChI is InChI=1S/C20H15FNO.C15H18NSi.Ir/c1-12(2)13-9-10-22-17(11-13)14-7-8-16(21)19-15-5-3-4-6-18(15)23-20(14)19;1-12-5-7-13(8-6-12)15-10-9-14(11-16-15)17(2,3)4;/h3-6,8-12H,1-2H3;5-7,9-11H,1-4H3;/q2*-1;/i;1D3;. The van der Waals surface area contributed by atoms with Gasteiger partial charge in [-0.1, -0.05) is 87.9 Å². The van der Waals surface area contributed by atoms with Crippen LogP contribution in [0, 0.1) is 24.8 Å². The molecule has 3 aromatic carbocycles. The molecule has 0 saturated carbocycles. The van der Waals surface area contributed by atoms with E-state index in [0.717, 1.165) is 22.3 Å². The SMILES string of the molecule is CC(C)c1ccnc(-c2[c-]cc(F)c3c2oc2ccccc23)c1.[2H]C([2H])([2H])c1c[c-]c(-c2ccc([Si](C)(C)C)cn2)cc1.[Ir]. The molecule has 3 aromatic heterocycles. The summed E-state index contributed by atoms with van der Waals surface area (Å²) < 4.78 is 42.3. The number of hydrogen-bond donors (Lipinski definition) is 0. The topological polar surface area (TPSA) is 38.9 Å². The zero-order chi connectivity index (χ0) is 30.9. The third-order valence-electron chi connectivity index (χ3n) is 6.83. The van der Waals surface area contributed by atoms with Crippen molar-refractivity contribution in [2.45, 2.75) is 46.3 Å². The molecule has 0 N–H and O–H groups in total. The largest absolute Gasteiger partial charge is 0.500 e. The van der Waals surface area contributed by atoms with Crippen LogP contribution in [0.2, 0.25) is 19.6 Å². The number of halogens is 1. The third kappa shape index (κ3) is 6.73. The van der Waals surface area contributed by atoms with Gasteiger partial charge >= 0.3 is 0 Å². The third-order valence-corrected chi connectivity index (χ3v) is 8.86. The Morgan fingerprint density at radius 2 is 1.73 bits per heavy atom. The number of benzene rings is 3. The molecule has 0 aliphatic rings. The molecule has 41 heavy (non-hydrogen) atoms. The van der Waals surface area contributed by atoms with E-state index in [2.05, 4.69) is 61.7 Å². The second-order valence-corrected chi connectivity index (χ2v) is 16.2. The van der Waals surface area contributed by atoms with Gasteiger partial charge in [-0.3, -0.25) is 4.39 Å². The molecule has 0 fully saturated rings. The molecule has 0 atom stereocenters. The van der Waals surface area contributed by atoms with Crippen molar-refractivity contribution >= 4 is 35.2 Å². The van der Waals surface area contributed by atoms with Crippen LogP contribution in [0.5, 0.6) is 0 Å². The number of furan rings is 1. The summed E-state index contributed by atoms with van der Waals surface area (Å²) in [5.74, 6) is 0.0667. The summed E-state index contributed by atoms with van der Waals surface area (Å²) in [4.78, 5) is 8.90. The maximum absolute atomic E-state index is 14.3. The number of para-hydroxylation sites is 1. The Balaban J connectivity index is 0.000000199. The van der Waals surface area contributed by atoms with Gasteiger partial charge in [0.25, 0.3) is 0 Å². The van der Waals surface area contributed by atoms with E-state index in [0.29, 0.717) is 33.6 Å². The van der Waals surface area contributed by atoms with Crippen molar-refractivity contribution in [1.29, 1.82) is 0 Å². The van der Waals surface area contributed by atoms with Crippen molar-refractivity contribution in [2.75, 3.05) is 0 Å². The molecule has 0 aliphatic carbocycles. The van der Waals surface area contributed by atoms with Crippen LogP contribution in [0.25, 0.3) is 44.5 Å². The molecule has 1 radical (unpaired) electrons. The van der Waals surface area contributed by atoms with Crippen LogP contribution in [0.4, 0.5) is 4.39 Å². The fourth-order valence-electron chi connectivity index (χ4n) is 4.45. The van der Waals surface area contributed by atoms with E-state index in [4.69, 9.17) is 8.53 Å². The van der Waals surface area contributed by atoms with Gasteiger partial charge in [0.05, 0.1) is 13.7 Å². The summed E-state index contributed by atoms with van der Waals surface area (Å²) in [7, 11) is -1.34. The van der Waals surface area contributed by atoms with E-state index in [1.165, 1.54) is 22.9 Å². The maximum atomic E-state index is 14.3. The number of hydrogen-bond acceptors (Lipinski definition) is 3. The summed E-state index contributed by atoms with van der Waals surface area (Å²) in [6, 6.07) is 27.8. The van der Waals surface area contributed by atoms with Gasteiger partial charge in [0.2, 0.25) is 0 Å². The zero-order valence-corrected chi connectivity index (χ0v) is 27.1. The number of aromatic nitrogens is 2. The van der Waals surface area contributed by atoms with Crippen LogP contribution < -0.4 is 5.19 Å². The van der Waals surface area contributed by atoms with Gasteiger partial charge in [0.1, 0.15) is 5.58 Å². The smallest absolute Gasteiger partial charge is 0.121 e. The van der Waals surface area contributed by atoms with Gasteiger partial charge in [0, 0.05) is 47.8 Å². The van der Waals surface area contributed by atoms with E-state index in [-0.39, 0.29) is 25.9 Å². The fourth-order valence-corrected chi connectivity index (χ4v) is 5.48. The number of rotatable bonds is 4. The first-order valence-corrected chi connectivity index (χ1v) is 16.8. The minimum absolute atomic E-state index is 0. The molecular formula is C35H33FIrN2OSi-2. The summed E-state index contributed by atoms with van der Waals surface area (Å²) in [6.07, 6.45) is 3.70. The van der Waals surface area contributed by atoms with Gasteiger partial charge in [-0.2, -0.15) is 0 Å². The number of pyridine rings is 2. The number of fused-ring (bicyclic) bond motifs is 3. The molecule has 0 amide bonds. The van der Waals surface area contributed by atoms with Crippen molar-refractivity contribution in [3.8, 4) is 22.5 Å². The van der Waals surface area contributed by atoms with E-state index < -0.39 is 14.9 Å². The Labute approximate surface area is 260 Å². The first-order valence-electron chi connectivity index (χ1n) is 14.8. The van der Waals surface area contributed by atoms with Crippen LogP contribution in [0.15, 0.2) is 89.6 Å². The van der Waals surface area contributed by atoms with E-state index in [1.54, 1.807) is 18.3 Å². The van der Waals surface area contributed by atoms with Crippen molar-refractivity contribution in [1.82, 2.24) is 9.97 Å². The van der Waals surface area contributed by atoms with Gasteiger partial charge < -0.3 is 14.4 Å². The van der Waals surface area contributed by atoms with Crippen molar-refractivity contribution < 1.29 is 33.0 Å². The second-order valence-electron chi connectivity index (χ2n) is 11.1. The maximum Gasteiger partial charge on any atom is 0.121 e. The molecule has 3 heterocycles. The predicted octanol–water partition coefficient (Wildman–Crippen LogP) is 9.11.